The first-order chi connectivity index (χ1) is 14.8. The van der Waals surface area contributed by atoms with Gasteiger partial charge >= 0.3 is 5.97 Å². The Bertz CT molecular complexity index is 1110. The fourth-order valence-corrected chi connectivity index (χ4v) is 3.11. The molecule has 1 aromatic heterocycles. The minimum absolute atomic E-state index is 0.280. The molecule has 0 fully saturated rings. The Morgan fingerprint density at radius 2 is 1.40 bits per heavy atom. The van der Waals surface area contributed by atoms with Gasteiger partial charge in [0.25, 0.3) is 0 Å². The summed E-state index contributed by atoms with van der Waals surface area (Å²) in [5.41, 5.74) is 3.77. The molecule has 0 radical (unpaired) electrons. The zero-order valence-corrected chi connectivity index (χ0v) is 16.6. The fourth-order valence-electron chi connectivity index (χ4n) is 3.11. The van der Waals surface area contributed by atoms with Crippen molar-refractivity contribution in [2.24, 2.45) is 4.99 Å². The SMILES string of the molecule is CCOC(=O)c1cn(-c2ccccc2)nc1N=C(c1ccccc1)c1ccccc1. The highest BCUT2D eigenvalue weighted by atomic mass is 16.5. The van der Waals surface area contributed by atoms with Gasteiger partial charge in [-0.3, -0.25) is 0 Å². The standard InChI is InChI=1S/C25H21N3O2/c1-2-30-25(29)22-18-28(21-16-10-5-11-17-21)27-24(22)26-23(19-12-6-3-7-13-19)20-14-8-4-9-15-20/h3-18H,2H2,1H3. The first kappa shape index (κ1) is 19.3. The van der Waals surface area contributed by atoms with E-state index in [1.165, 1.54) is 0 Å². The summed E-state index contributed by atoms with van der Waals surface area (Å²) in [6.45, 7) is 2.06. The predicted molar refractivity (Wildman–Crippen MR) is 118 cm³/mol. The Hall–Kier alpha value is -3.99. The lowest BCUT2D eigenvalue weighted by Gasteiger charge is -2.07. The van der Waals surface area contributed by atoms with E-state index in [0.717, 1.165) is 22.5 Å². The zero-order chi connectivity index (χ0) is 20.8. The minimum atomic E-state index is -0.445. The summed E-state index contributed by atoms with van der Waals surface area (Å²) in [4.78, 5) is 17.5. The molecule has 0 spiro atoms. The highest BCUT2D eigenvalue weighted by Gasteiger charge is 2.19. The monoisotopic (exact) mass is 395 g/mol. The molecule has 4 aromatic rings. The number of hydrogen-bond acceptors (Lipinski definition) is 4. The Morgan fingerprint density at radius 3 is 1.93 bits per heavy atom. The smallest absolute Gasteiger partial charge is 0.343 e. The number of para-hydroxylation sites is 1. The summed E-state index contributed by atoms with van der Waals surface area (Å²) < 4.78 is 6.90. The van der Waals surface area contributed by atoms with Gasteiger partial charge in [0.15, 0.2) is 5.82 Å². The van der Waals surface area contributed by atoms with Crippen molar-refractivity contribution >= 4 is 17.5 Å². The van der Waals surface area contributed by atoms with E-state index in [1.807, 2.05) is 91.0 Å². The lowest BCUT2D eigenvalue weighted by molar-refractivity contribution is 0.0527. The molecular weight excluding hydrogens is 374 g/mol. The molecule has 0 atom stereocenters. The normalized spacial score (nSPS) is 10.4. The highest BCUT2D eigenvalue weighted by Crippen LogP contribution is 2.24. The van der Waals surface area contributed by atoms with E-state index < -0.39 is 5.97 Å². The number of hydrogen-bond donors (Lipinski definition) is 0. The van der Waals surface area contributed by atoms with Gasteiger partial charge in [-0.2, -0.15) is 0 Å². The van der Waals surface area contributed by atoms with Gasteiger partial charge in [0, 0.05) is 17.3 Å². The number of benzene rings is 3. The number of nitrogens with zero attached hydrogens (tertiary/aromatic N) is 3. The molecule has 148 valence electrons. The number of carbonyl (C=O) groups is 1. The topological polar surface area (TPSA) is 56.5 Å². The molecule has 0 saturated carbocycles. The molecule has 0 N–H and O–H groups in total. The molecule has 30 heavy (non-hydrogen) atoms. The van der Waals surface area contributed by atoms with E-state index in [9.17, 15) is 4.79 Å². The van der Waals surface area contributed by atoms with Crippen LogP contribution in [0.25, 0.3) is 5.69 Å². The van der Waals surface area contributed by atoms with Crippen LogP contribution >= 0.6 is 0 Å². The second kappa shape index (κ2) is 9.01. The number of ether oxygens (including phenoxy) is 1. The summed E-state index contributed by atoms with van der Waals surface area (Å²) >= 11 is 0. The first-order valence-corrected chi connectivity index (χ1v) is 9.78. The lowest BCUT2D eigenvalue weighted by atomic mass is 10.0. The maximum atomic E-state index is 12.6. The molecule has 0 bridgehead atoms. The van der Waals surface area contributed by atoms with Crippen molar-refractivity contribution in [2.45, 2.75) is 6.92 Å². The number of esters is 1. The van der Waals surface area contributed by atoms with Gasteiger partial charge in [-0.1, -0.05) is 78.9 Å². The minimum Gasteiger partial charge on any atom is -0.462 e. The molecule has 5 nitrogen and oxygen atoms in total. The number of aromatic nitrogens is 2. The van der Waals surface area contributed by atoms with Gasteiger partial charge in [-0.25, -0.2) is 14.5 Å². The van der Waals surface area contributed by atoms with Crippen LogP contribution in [0.4, 0.5) is 5.82 Å². The third-order valence-corrected chi connectivity index (χ3v) is 4.52. The summed E-state index contributed by atoms with van der Waals surface area (Å²) in [5.74, 6) is -0.126. The van der Waals surface area contributed by atoms with Crippen LogP contribution < -0.4 is 0 Å². The molecule has 0 unspecified atom stereocenters. The van der Waals surface area contributed by atoms with Crippen molar-refractivity contribution in [1.29, 1.82) is 0 Å². The van der Waals surface area contributed by atoms with E-state index in [-0.39, 0.29) is 6.61 Å². The van der Waals surface area contributed by atoms with Gasteiger partial charge in [0.1, 0.15) is 5.56 Å². The number of carbonyl (C=O) groups excluding carboxylic acids is 1. The van der Waals surface area contributed by atoms with Crippen molar-refractivity contribution in [3.8, 4) is 5.69 Å². The van der Waals surface area contributed by atoms with Crippen LogP contribution in [0.3, 0.4) is 0 Å². The van der Waals surface area contributed by atoms with Crippen LogP contribution in [0.15, 0.2) is 102 Å². The van der Waals surface area contributed by atoms with E-state index >= 15 is 0 Å². The maximum Gasteiger partial charge on any atom is 0.343 e. The van der Waals surface area contributed by atoms with E-state index in [1.54, 1.807) is 17.8 Å². The molecule has 0 saturated heterocycles. The van der Waals surface area contributed by atoms with Crippen LogP contribution in [-0.4, -0.2) is 28.1 Å². The number of aliphatic imine (C=N–C) groups is 1. The first-order valence-electron chi connectivity index (χ1n) is 9.78. The molecule has 0 aliphatic carbocycles. The lowest BCUT2D eigenvalue weighted by Crippen LogP contribution is -2.06. The van der Waals surface area contributed by atoms with Crippen LogP contribution in [0, 0.1) is 0 Å². The summed E-state index contributed by atoms with van der Waals surface area (Å²) in [6.07, 6.45) is 1.67. The van der Waals surface area contributed by atoms with Crippen molar-refractivity contribution in [3.63, 3.8) is 0 Å². The van der Waals surface area contributed by atoms with Crippen LogP contribution in [0.5, 0.6) is 0 Å². The largest absolute Gasteiger partial charge is 0.462 e. The zero-order valence-electron chi connectivity index (χ0n) is 16.6. The van der Waals surface area contributed by atoms with E-state index in [0.29, 0.717) is 11.4 Å². The second-order valence-corrected chi connectivity index (χ2v) is 6.56. The van der Waals surface area contributed by atoms with Crippen LogP contribution in [0.1, 0.15) is 28.4 Å². The molecule has 0 aliphatic rings. The molecule has 0 aliphatic heterocycles. The Kier molecular flexibility index (Phi) is 5.80. The third-order valence-electron chi connectivity index (χ3n) is 4.52. The van der Waals surface area contributed by atoms with Crippen molar-refractivity contribution in [2.75, 3.05) is 6.61 Å². The highest BCUT2D eigenvalue weighted by molar-refractivity contribution is 6.14. The van der Waals surface area contributed by atoms with Gasteiger partial charge in [0.05, 0.1) is 18.0 Å². The summed E-state index contributed by atoms with van der Waals surface area (Å²) in [6, 6.07) is 29.3. The molecular formula is C25H21N3O2. The predicted octanol–water partition coefficient (Wildman–Crippen LogP) is 5.22. The number of rotatable bonds is 6. The molecule has 1 heterocycles. The van der Waals surface area contributed by atoms with Crippen molar-refractivity contribution in [3.05, 3.63) is 114 Å². The Labute approximate surface area is 175 Å². The molecule has 0 amide bonds. The summed E-state index contributed by atoms with van der Waals surface area (Å²) in [7, 11) is 0. The summed E-state index contributed by atoms with van der Waals surface area (Å²) in [5, 5.41) is 4.60. The van der Waals surface area contributed by atoms with Gasteiger partial charge < -0.3 is 4.74 Å². The van der Waals surface area contributed by atoms with Gasteiger partial charge in [-0.05, 0) is 19.1 Å². The van der Waals surface area contributed by atoms with E-state index in [4.69, 9.17) is 9.73 Å². The molecule has 3 aromatic carbocycles. The van der Waals surface area contributed by atoms with Crippen molar-refractivity contribution < 1.29 is 9.53 Å². The van der Waals surface area contributed by atoms with Gasteiger partial charge in [-0.15, -0.1) is 5.10 Å². The quantitative estimate of drug-likeness (QED) is 0.332. The average Bonchev–Trinajstić information content (AvgIpc) is 3.23. The van der Waals surface area contributed by atoms with Crippen molar-refractivity contribution in [1.82, 2.24) is 9.78 Å². The Balaban J connectivity index is 1.88. The third kappa shape index (κ3) is 4.20. The average molecular weight is 395 g/mol. The molecule has 4 rings (SSSR count). The van der Waals surface area contributed by atoms with Crippen LogP contribution in [0.2, 0.25) is 0 Å². The Morgan fingerprint density at radius 1 is 0.867 bits per heavy atom. The molecule has 5 heteroatoms. The van der Waals surface area contributed by atoms with Gasteiger partial charge in [0.2, 0.25) is 0 Å². The second-order valence-electron chi connectivity index (χ2n) is 6.56. The fraction of sp³-hybridized carbons (Fsp3) is 0.0800. The van der Waals surface area contributed by atoms with Crippen LogP contribution in [-0.2, 0) is 4.74 Å². The maximum absolute atomic E-state index is 12.6. The van der Waals surface area contributed by atoms with E-state index in [2.05, 4.69) is 5.10 Å².